The summed E-state index contributed by atoms with van der Waals surface area (Å²) < 4.78 is 21.1. The van der Waals surface area contributed by atoms with Gasteiger partial charge < -0.3 is 24.3 Å². The van der Waals surface area contributed by atoms with Crippen molar-refractivity contribution in [2.24, 2.45) is 0 Å². The van der Waals surface area contributed by atoms with Gasteiger partial charge >= 0.3 is 0 Å². The number of ether oxygens (including phenoxy) is 4. The summed E-state index contributed by atoms with van der Waals surface area (Å²) in [7, 11) is 5.78. The maximum Gasteiger partial charge on any atom is 0.256 e. The number of ketones is 2. The van der Waals surface area contributed by atoms with Gasteiger partial charge in [-0.1, -0.05) is 30.3 Å². The third-order valence-electron chi connectivity index (χ3n) is 6.55. The Hall–Kier alpha value is -4.85. The van der Waals surface area contributed by atoms with Crippen LogP contribution < -0.4 is 14.8 Å². The normalized spacial score (nSPS) is 13.4. The van der Waals surface area contributed by atoms with E-state index in [9.17, 15) is 14.4 Å². The molecule has 0 saturated carbocycles. The van der Waals surface area contributed by atoms with Crippen LogP contribution in [-0.4, -0.2) is 45.9 Å². The Morgan fingerprint density at radius 2 is 1.41 bits per heavy atom. The Balaban J connectivity index is 1.76. The lowest BCUT2D eigenvalue weighted by atomic mass is 9.87. The molecule has 0 fully saturated rings. The van der Waals surface area contributed by atoms with Gasteiger partial charge in [0.15, 0.2) is 0 Å². The number of hydrogen-bond donors (Lipinski definition) is 1. The average Bonchev–Trinajstić information content (AvgIpc) is 2.97. The van der Waals surface area contributed by atoms with E-state index in [0.717, 1.165) is 5.56 Å². The fourth-order valence-corrected chi connectivity index (χ4v) is 4.47. The van der Waals surface area contributed by atoms with Gasteiger partial charge in [-0.3, -0.25) is 14.4 Å². The molecule has 0 radical (unpaired) electrons. The minimum absolute atomic E-state index is 0.116. The molecule has 3 aromatic rings. The van der Waals surface area contributed by atoms with E-state index in [-0.39, 0.29) is 35.0 Å². The van der Waals surface area contributed by atoms with Gasteiger partial charge in [-0.2, -0.15) is 0 Å². The number of carbonyl (C=O) groups excluding carboxylic acids is 3. The number of anilines is 1. The standard InChI is InChI=1S/C31H29NO7/c1-18-24(28(34)30(39-5)29(38-4)27(18)33)16-19-10-15-22(23-8-6-7-9-26(23)37-3)25(17-19)31(35)32-20-11-13-21(36-2)14-12-20/h6-15,17H,16H2,1-5H3,(H,32,35). The molecule has 0 atom stereocenters. The first-order valence-electron chi connectivity index (χ1n) is 12.2. The first-order chi connectivity index (χ1) is 18.8. The highest BCUT2D eigenvalue weighted by Gasteiger charge is 2.34. The zero-order valence-corrected chi connectivity index (χ0v) is 22.4. The molecule has 0 bridgehead atoms. The summed E-state index contributed by atoms with van der Waals surface area (Å²) in [5.74, 6) is -0.158. The van der Waals surface area contributed by atoms with Crippen LogP contribution in [0.15, 0.2) is 89.4 Å². The highest BCUT2D eigenvalue weighted by molar-refractivity contribution is 6.23. The van der Waals surface area contributed by atoms with Gasteiger partial charge in [-0.15, -0.1) is 0 Å². The molecular weight excluding hydrogens is 498 g/mol. The summed E-state index contributed by atoms with van der Waals surface area (Å²) in [4.78, 5) is 39.6. The minimum atomic E-state index is -0.426. The first-order valence-corrected chi connectivity index (χ1v) is 12.2. The Bertz CT molecular complexity index is 1500. The average molecular weight is 528 g/mol. The number of rotatable bonds is 9. The van der Waals surface area contributed by atoms with E-state index in [1.807, 2.05) is 36.4 Å². The summed E-state index contributed by atoms with van der Waals surface area (Å²) in [6.45, 7) is 1.58. The third kappa shape index (κ3) is 5.40. The highest BCUT2D eigenvalue weighted by Crippen LogP contribution is 2.35. The van der Waals surface area contributed by atoms with E-state index in [4.69, 9.17) is 18.9 Å². The topological polar surface area (TPSA) is 100 Å². The number of para-hydroxylation sites is 1. The molecule has 1 N–H and O–H groups in total. The lowest BCUT2D eigenvalue weighted by molar-refractivity contribution is -0.121. The molecule has 0 aliphatic heterocycles. The Morgan fingerprint density at radius 1 is 0.744 bits per heavy atom. The third-order valence-corrected chi connectivity index (χ3v) is 6.55. The molecule has 1 aliphatic carbocycles. The Labute approximate surface area is 226 Å². The number of hydrogen-bond acceptors (Lipinski definition) is 7. The Kier molecular flexibility index (Phi) is 8.15. The van der Waals surface area contributed by atoms with Crippen molar-refractivity contribution in [1.82, 2.24) is 0 Å². The van der Waals surface area contributed by atoms with E-state index < -0.39 is 11.6 Å². The first kappa shape index (κ1) is 27.2. The second-order valence-corrected chi connectivity index (χ2v) is 8.77. The van der Waals surface area contributed by atoms with E-state index >= 15 is 0 Å². The molecule has 0 unspecified atom stereocenters. The fourth-order valence-electron chi connectivity index (χ4n) is 4.47. The van der Waals surface area contributed by atoms with Gasteiger partial charge in [0, 0.05) is 34.4 Å². The van der Waals surface area contributed by atoms with Crippen molar-refractivity contribution in [1.29, 1.82) is 0 Å². The molecule has 0 heterocycles. The maximum absolute atomic E-state index is 13.6. The van der Waals surface area contributed by atoms with Gasteiger partial charge in [-0.05, 0) is 54.4 Å². The summed E-state index contributed by atoms with van der Waals surface area (Å²) >= 11 is 0. The second-order valence-electron chi connectivity index (χ2n) is 8.77. The van der Waals surface area contributed by atoms with Gasteiger partial charge in [0.1, 0.15) is 11.5 Å². The lowest BCUT2D eigenvalue weighted by Crippen LogP contribution is -2.26. The molecule has 1 aliphatic rings. The lowest BCUT2D eigenvalue weighted by Gasteiger charge is -2.21. The number of methoxy groups -OCH3 is 4. The maximum atomic E-state index is 13.6. The van der Waals surface area contributed by atoms with Gasteiger partial charge in [0.2, 0.25) is 23.1 Å². The zero-order chi connectivity index (χ0) is 28.1. The molecule has 0 spiro atoms. The quantitative estimate of drug-likeness (QED) is 0.385. The van der Waals surface area contributed by atoms with Crippen LogP contribution in [-0.2, 0) is 25.5 Å². The summed E-state index contributed by atoms with van der Waals surface area (Å²) in [5.41, 5.74) is 3.57. The number of carbonyl (C=O) groups is 3. The smallest absolute Gasteiger partial charge is 0.256 e. The molecule has 3 aromatic carbocycles. The fraction of sp³-hybridized carbons (Fsp3) is 0.194. The molecule has 0 saturated heterocycles. The van der Waals surface area contributed by atoms with Gasteiger partial charge in [-0.25, -0.2) is 0 Å². The summed E-state index contributed by atoms with van der Waals surface area (Å²) in [6, 6.07) is 19.8. The van der Waals surface area contributed by atoms with E-state index in [1.54, 1.807) is 51.5 Å². The highest BCUT2D eigenvalue weighted by atomic mass is 16.5. The number of allylic oxidation sites excluding steroid dienone is 2. The predicted molar refractivity (Wildman–Crippen MR) is 147 cm³/mol. The largest absolute Gasteiger partial charge is 0.497 e. The Morgan fingerprint density at radius 3 is 2.05 bits per heavy atom. The van der Waals surface area contributed by atoms with Crippen LogP contribution in [0.4, 0.5) is 5.69 Å². The van der Waals surface area contributed by atoms with Crippen LogP contribution in [0, 0.1) is 0 Å². The van der Waals surface area contributed by atoms with Crippen molar-refractivity contribution in [3.8, 4) is 22.6 Å². The number of benzene rings is 3. The molecule has 200 valence electrons. The van der Waals surface area contributed by atoms with E-state index in [1.165, 1.54) is 14.2 Å². The predicted octanol–water partition coefficient (Wildman–Crippen LogP) is 5.14. The van der Waals surface area contributed by atoms with Crippen LogP contribution in [0.2, 0.25) is 0 Å². The molecule has 1 amide bonds. The monoisotopic (exact) mass is 527 g/mol. The zero-order valence-electron chi connectivity index (χ0n) is 22.4. The molecule has 0 aromatic heterocycles. The van der Waals surface area contributed by atoms with Crippen molar-refractivity contribution in [3.63, 3.8) is 0 Å². The van der Waals surface area contributed by atoms with Crippen molar-refractivity contribution >= 4 is 23.2 Å². The number of Topliss-reactive ketones (excluding diaryl/α,β-unsaturated/α-hetero) is 2. The molecule has 39 heavy (non-hydrogen) atoms. The number of amides is 1. The van der Waals surface area contributed by atoms with Crippen molar-refractivity contribution in [2.75, 3.05) is 33.8 Å². The molecule has 8 heteroatoms. The van der Waals surface area contributed by atoms with Crippen LogP contribution in [0.3, 0.4) is 0 Å². The number of nitrogens with one attached hydrogen (secondary N) is 1. The van der Waals surface area contributed by atoms with Crippen LogP contribution in [0.5, 0.6) is 11.5 Å². The van der Waals surface area contributed by atoms with Crippen LogP contribution >= 0.6 is 0 Å². The molecule has 4 rings (SSSR count). The SMILES string of the molecule is COC1=C(OC)C(=O)C(Cc2ccc(-c3ccccc3OC)c(C(=O)Nc3ccc(OC)cc3)c2)=C(C)C1=O. The van der Waals surface area contributed by atoms with Gasteiger partial charge in [0.25, 0.3) is 5.91 Å². The van der Waals surface area contributed by atoms with Gasteiger partial charge in [0.05, 0.1) is 28.4 Å². The van der Waals surface area contributed by atoms with E-state index in [2.05, 4.69) is 5.32 Å². The summed E-state index contributed by atoms with van der Waals surface area (Å²) in [5, 5.41) is 2.93. The summed E-state index contributed by atoms with van der Waals surface area (Å²) in [6.07, 6.45) is 0.120. The minimum Gasteiger partial charge on any atom is -0.497 e. The molecular formula is C31H29NO7. The van der Waals surface area contributed by atoms with E-state index in [0.29, 0.717) is 33.9 Å². The van der Waals surface area contributed by atoms with Crippen molar-refractivity contribution in [3.05, 3.63) is 101 Å². The van der Waals surface area contributed by atoms with Crippen molar-refractivity contribution < 1.29 is 33.3 Å². The van der Waals surface area contributed by atoms with Crippen LogP contribution in [0.1, 0.15) is 22.8 Å². The van der Waals surface area contributed by atoms with Crippen LogP contribution in [0.25, 0.3) is 11.1 Å². The second kappa shape index (κ2) is 11.7. The van der Waals surface area contributed by atoms with Crippen molar-refractivity contribution in [2.45, 2.75) is 13.3 Å². The molecule has 8 nitrogen and oxygen atoms in total.